The minimum Gasteiger partial charge on any atom is -0.481 e. The van der Waals surface area contributed by atoms with E-state index in [9.17, 15) is 9.59 Å². The Bertz CT molecular complexity index is 531. The summed E-state index contributed by atoms with van der Waals surface area (Å²) >= 11 is 1.63. The molecule has 1 aliphatic heterocycles. The molecule has 1 fully saturated rings. The Labute approximate surface area is 128 Å². The van der Waals surface area contributed by atoms with Crippen LogP contribution in [0.4, 0.5) is 0 Å². The Balaban J connectivity index is 1.79. The molecule has 1 N–H and O–H groups in total. The Morgan fingerprint density at radius 2 is 2.05 bits per heavy atom. The molecule has 1 aliphatic rings. The molecule has 0 aromatic carbocycles. The molecule has 5 nitrogen and oxygen atoms in total. The van der Waals surface area contributed by atoms with E-state index >= 15 is 0 Å². The third kappa shape index (κ3) is 4.68. The summed E-state index contributed by atoms with van der Waals surface area (Å²) in [5, 5.41) is 10.7. The third-order valence-electron chi connectivity index (χ3n) is 3.60. The lowest BCUT2D eigenvalue weighted by molar-refractivity contribution is -0.138. The highest BCUT2D eigenvalue weighted by molar-refractivity contribution is 7.11. The molecular formula is C15H20N2O3S. The van der Waals surface area contributed by atoms with E-state index in [0.717, 1.165) is 18.0 Å². The second kappa shape index (κ2) is 7.38. The summed E-state index contributed by atoms with van der Waals surface area (Å²) < 4.78 is 0. The molecule has 21 heavy (non-hydrogen) atoms. The number of carbonyl (C=O) groups is 2. The summed E-state index contributed by atoms with van der Waals surface area (Å²) in [7, 11) is 0. The summed E-state index contributed by atoms with van der Waals surface area (Å²) in [4.78, 5) is 27.7. The van der Waals surface area contributed by atoms with Crippen LogP contribution >= 0.6 is 11.3 Å². The van der Waals surface area contributed by atoms with Gasteiger partial charge in [-0.2, -0.15) is 0 Å². The number of carbonyl (C=O) groups excluding carboxylic acids is 1. The number of amides is 1. The van der Waals surface area contributed by atoms with Gasteiger partial charge in [-0.3, -0.25) is 14.5 Å². The monoisotopic (exact) mass is 308 g/mol. The third-order valence-corrected chi connectivity index (χ3v) is 4.59. The zero-order valence-corrected chi connectivity index (χ0v) is 12.9. The van der Waals surface area contributed by atoms with E-state index in [-0.39, 0.29) is 12.3 Å². The molecule has 1 saturated heterocycles. The minimum absolute atomic E-state index is 0.0284. The van der Waals surface area contributed by atoms with Crippen molar-refractivity contribution in [3.63, 3.8) is 0 Å². The second-order valence-corrected chi connectivity index (χ2v) is 6.06. The summed E-state index contributed by atoms with van der Waals surface area (Å²) in [5.74, 6) is -0.747. The van der Waals surface area contributed by atoms with Gasteiger partial charge in [0.2, 0.25) is 5.91 Å². The first-order valence-corrected chi connectivity index (χ1v) is 7.89. The van der Waals surface area contributed by atoms with Gasteiger partial charge in [-0.05, 0) is 30.0 Å². The van der Waals surface area contributed by atoms with Gasteiger partial charge in [0.05, 0.1) is 6.42 Å². The molecule has 6 heteroatoms. The SMILES string of the molecule is Cc1ccsc1/C=C/C(=O)N1CCN(CCC(=O)O)CC1. The van der Waals surface area contributed by atoms with Crippen LogP contribution < -0.4 is 0 Å². The number of carboxylic acids is 1. The van der Waals surface area contributed by atoms with Gasteiger partial charge < -0.3 is 10.0 Å². The van der Waals surface area contributed by atoms with Gasteiger partial charge in [0.25, 0.3) is 0 Å². The van der Waals surface area contributed by atoms with E-state index in [4.69, 9.17) is 5.11 Å². The number of aryl methyl sites for hydroxylation is 1. The lowest BCUT2D eigenvalue weighted by Crippen LogP contribution is -2.48. The van der Waals surface area contributed by atoms with Crippen LogP contribution in [0, 0.1) is 6.92 Å². The zero-order valence-electron chi connectivity index (χ0n) is 12.1. The van der Waals surface area contributed by atoms with E-state index in [1.54, 1.807) is 17.4 Å². The van der Waals surface area contributed by atoms with E-state index in [1.807, 2.05) is 29.3 Å². The number of thiophene rings is 1. The van der Waals surface area contributed by atoms with Gasteiger partial charge >= 0.3 is 5.97 Å². The molecule has 1 aromatic rings. The normalized spacial score (nSPS) is 16.5. The highest BCUT2D eigenvalue weighted by Gasteiger charge is 2.19. The number of hydrogen-bond acceptors (Lipinski definition) is 4. The summed E-state index contributed by atoms with van der Waals surface area (Å²) in [6.45, 7) is 5.39. The van der Waals surface area contributed by atoms with Gasteiger partial charge in [-0.15, -0.1) is 11.3 Å². The van der Waals surface area contributed by atoms with E-state index < -0.39 is 5.97 Å². The van der Waals surface area contributed by atoms with Crippen LogP contribution in [0.1, 0.15) is 16.9 Å². The minimum atomic E-state index is -0.775. The maximum absolute atomic E-state index is 12.1. The van der Waals surface area contributed by atoms with Crippen molar-refractivity contribution in [1.29, 1.82) is 0 Å². The fourth-order valence-corrected chi connectivity index (χ4v) is 3.07. The summed E-state index contributed by atoms with van der Waals surface area (Å²) in [6, 6.07) is 2.04. The van der Waals surface area contributed by atoms with Crippen molar-refractivity contribution in [2.45, 2.75) is 13.3 Å². The molecule has 0 saturated carbocycles. The Kier molecular flexibility index (Phi) is 5.52. The molecular weight excluding hydrogens is 288 g/mol. The standard InChI is InChI=1S/C15H20N2O3S/c1-12-5-11-21-13(12)2-3-14(18)17-9-7-16(8-10-17)6-4-15(19)20/h2-3,5,11H,4,6-10H2,1H3,(H,19,20)/b3-2+. The van der Waals surface area contributed by atoms with Crippen LogP contribution in [0.2, 0.25) is 0 Å². The molecule has 114 valence electrons. The van der Waals surface area contributed by atoms with Crippen molar-refractivity contribution < 1.29 is 14.7 Å². The van der Waals surface area contributed by atoms with Gasteiger partial charge in [0.1, 0.15) is 0 Å². The van der Waals surface area contributed by atoms with Crippen LogP contribution in [0.3, 0.4) is 0 Å². The number of rotatable bonds is 5. The molecule has 0 spiro atoms. The van der Waals surface area contributed by atoms with Crippen molar-refractivity contribution >= 4 is 29.3 Å². The molecule has 2 rings (SSSR count). The Morgan fingerprint density at radius 3 is 2.62 bits per heavy atom. The quantitative estimate of drug-likeness (QED) is 0.841. The van der Waals surface area contributed by atoms with Crippen LogP contribution in [0.25, 0.3) is 6.08 Å². The Hall–Kier alpha value is -1.66. The van der Waals surface area contributed by atoms with Gasteiger partial charge in [0.15, 0.2) is 0 Å². The largest absolute Gasteiger partial charge is 0.481 e. The van der Waals surface area contributed by atoms with Gasteiger partial charge in [-0.1, -0.05) is 0 Å². The fraction of sp³-hybridized carbons (Fsp3) is 0.467. The fourth-order valence-electron chi connectivity index (χ4n) is 2.25. The number of nitrogens with zero attached hydrogens (tertiary/aromatic N) is 2. The van der Waals surface area contributed by atoms with Crippen molar-refractivity contribution in [2.24, 2.45) is 0 Å². The summed E-state index contributed by atoms with van der Waals surface area (Å²) in [6.07, 6.45) is 3.66. The predicted octanol–water partition coefficient (Wildman–Crippen LogP) is 1.69. The lowest BCUT2D eigenvalue weighted by atomic mass is 10.2. The van der Waals surface area contributed by atoms with E-state index in [1.165, 1.54) is 5.56 Å². The average molecular weight is 308 g/mol. The topological polar surface area (TPSA) is 60.9 Å². The molecule has 2 heterocycles. The number of aliphatic carboxylic acids is 1. The average Bonchev–Trinajstić information content (AvgIpc) is 2.88. The highest BCUT2D eigenvalue weighted by atomic mass is 32.1. The first-order chi connectivity index (χ1) is 10.1. The van der Waals surface area contributed by atoms with Crippen LogP contribution in [0.5, 0.6) is 0 Å². The first-order valence-electron chi connectivity index (χ1n) is 7.01. The lowest BCUT2D eigenvalue weighted by Gasteiger charge is -2.33. The molecule has 0 unspecified atom stereocenters. The number of carboxylic acid groups (broad SMARTS) is 1. The second-order valence-electron chi connectivity index (χ2n) is 5.11. The molecule has 1 amide bonds. The van der Waals surface area contributed by atoms with Crippen molar-refractivity contribution in [3.8, 4) is 0 Å². The number of hydrogen-bond donors (Lipinski definition) is 1. The van der Waals surface area contributed by atoms with Crippen LogP contribution in [0.15, 0.2) is 17.5 Å². The van der Waals surface area contributed by atoms with Crippen molar-refractivity contribution in [2.75, 3.05) is 32.7 Å². The Morgan fingerprint density at radius 1 is 1.33 bits per heavy atom. The predicted molar refractivity (Wildman–Crippen MR) is 83.4 cm³/mol. The smallest absolute Gasteiger partial charge is 0.304 e. The number of piperazine rings is 1. The molecule has 0 atom stereocenters. The maximum Gasteiger partial charge on any atom is 0.304 e. The van der Waals surface area contributed by atoms with E-state index in [0.29, 0.717) is 19.6 Å². The van der Waals surface area contributed by atoms with Gasteiger partial charge in [-0.25, -0.2) is 0 Å². The maximum atomic E-state index is 12.1. The van der Waals surface area contributed by atoms with Crippen molar-refractivity contribution in [3.05, 3.63) is 28.0 Å². The van der Waals surface area contributed by atoms with Crippen LogP contribution in [-0.2, 0) is 9.59 Å². The zero-order chi connectivity index (χ0) is 15.2. The van der Waals surface area contributed by atoms with Crippen LogP contribution in [-0.4, -0.2) is 59.5 Å². The van der Waals surface area contributed by atoms with E-state index in [2.05, 4.69) is 4.90 Å². The van der Waals surface area contributed by atoms with Gasteiger partial charge in [0, 0.05) is 43.7 Å². The molecule has 1 aromatic heterocycles. The first kappa shape index (κ1) is 15.7. The molecule has 0 radical (unpaired) electrons. The van der Waals surface area contributed by atoms with Crippen molar-refractivity contribution in [1.82, 2.24) is 9.80 Å². The molecule has 0 bridgehead atoms. The summed E-state index contributed by atoms with van der Waals surface area (Å²) in [5.41, 5.74) is 1.18. The molecule has 0 aliphatic carbocycles. The highest BCUT2D eigenvalue weighted by Crippen LogP contribution is 2.17.